The second-order valence-corrected chi connectivity index (χ2v) is 5.79. The molecule has 0 heterocycles. The average molecular weight is 345 g/mol. The second-order valence-electron chi connectivity index (χ2n) is 4.93. The number of anilines is 1. The molecule has 0 aliphatic rings. The fourth-order valence-electron chi connectivity index (χ4n) is 1.94. The minimum absolute atomic E-state index is 0.146. The van der Waals surface area contributed by atoms with E-state index in [1.54, 1.807) is 12.1 Å². The summed E-state index contributed by atoms with van der Waals surface area (Å²) in [7, 11) is 0. The summed E-state index contributed by atoms with van der Waals surface area (Å²) in [6, 6.07) is 15.6. The van der Waals surface area contributed by atoms with Gasteiger partial charge in [0.05, 0.1) is 17.7 Å². The van der Waals surface area contributed by atoms with E-state index in [0.29, 0.717) is 12.1 Å². The van der Waals surface area contributed by atoms with Crippen LogP contribution in [0, 0.1) is 11.3 Å². The van der Waals surface area contributed by atoms with Gasteiger partial charge in [-0.05, 0) is 54.0 Å². The molecule has 2 aromatic rings. The van der Waals surface area contributed by atoms with Crippen molar-refractivity contribution in [3.05, 3.63) is 58.1 Å². The summed E-state index contributed by atoms with van der Waals surface area (Å²) in [5.74, 6) is 0.893. The Kier molecular flexibility index (Phi) is 5.24. The van der Waals surface area contributed by atoms with Crippen molar-refractivity contribution in [1.29, 1.82) is 5.26 Å². The molecule has 21 heavy (non-hydrogen) atoms. The summed E-state index contributed by atoms with van der Waals surface area (Å²) >= 11 is 3.48. The van der Waals surface area contributed by atoms with Crippen LogP contribution in [0.2, 0.25) is 0 Å². The highest BCUT2D eigenvalue weighted by Gasteiger charge is 2.06. The first-order valence-electron chi connectivity index (χ1n) is 6.78. The van der Waals surface area contributed by atoms with E-state index >= 15 is 0 Å². The van der Waals surface area contributed by atoms with Crippen LogP contribution in [-0.2, 0) is 6.54 Å². The van der Waals surface area contributed by atoms with E-state index < -0.39 is 0 Å². The average Bonchev–Trinajstić information content (AvgIpc) is 2.46. The van der Waals surface area contributed by atoms with Crippen molar-refractivity contribution in [2.24, 2.45) is 0 Å². The molecular weight excluding hydrogens is 328 g/mol. The van der Waals surface area contributed by atoms with Crippen LogP contribution in [0.4, 0.5) is 5.69 Å². The van der Waals surface area contributed by atoms with Crippen LogP contribution in [0.1, 0.15) is 25.0 Å². The Morgan fingerprint density at radius 3 is 2.67 bits per heavy atom. The highest BCUT2D eigenvalue weighted by Crippen LogP contribution is 2.26. The van der Waals surface area contributed by atoms with Gasteiger partial charge in [0.15, 0.2) is 0 Å². The van der Waals surface area contributed by atoms with Gasteiger partial charge in [0, 0.05) is 22.3 Å². The molecule has 0 fully saturated rings. The minimum atomic E-state index is 0.146. The van der Waals surface area contributed by atoms with Crippen molar-refractivity contribution in [3.8, 4) is 11.8 Å². The van der Waals surface area contributed by atoms with Gasteiger partial charge in [-0.3, -0.25) is 0 Å². The van der Waals surface area contributed by atoms with Crippen molar-refractivity contribution >= 4 is 21.6 Å². The molecule has 3 nitrogen and oxygen atoms in total. The highest BCUT2D eigenvalue weighted by molar-refractivity contribution is 9.10. The summed E-state index contributed by atoms with van der Waals surface area (Å²) in [5.41, 5.74) is 2.69. The van der Waals surface area contributed by atoms with Gasteiger partial charge < -0.3 is 10.1 Å². The lowest BCUT2D eigenvalue weighted by molar-refractivity contribution is 0.240. The van der Waals surface area contributed by atoms with E-state index in [1.165, 1.54) is 0 Å². The standard InChI is InChI=1S/C17H17BrN2O/c1-12(2)21-17-6-4-3-5-14(17)11-20-16-8-7-13(10-19)9-15(16)18/h3-9,12,20H,11H2,1-2H3. The van der Waals surface area contributed by atoms with Crippen LogP contribution in [-0.4, -0.2) is 6.10 Å². The van der Waals surface area contributed by atoms with Gasteiger partial charge in [0.1, 0.15) is 5.75 Å². The number of hydrogen-bond donors (Lipinski definition) is 1. The molecule has 0 saturated carbocycles. The highest BCUT2D eigenvalue weighted by atomic mass is 79.9. The molecule has 4 heteroatoms. The maximum absolute atomic E-state index is 8.87. The second kappa shape index (κ2) is 7.14. The monoisotopic (exact) mass is 344 g/mol. The number of nitrogens with zero attached hydrogens (tertiary/aromatic N) is 1. The number of hydrogen-bond acceptors (Lipinski definition) is 3. The largest absolute Gasteiger partial charge is 0.491 e. The number of para-hydroxylation sites is 1. The Hall–Kier alpha value is -1.99. The van der Waals surface area contributed by atoms with E-state index in [1.807, 2.05) is 44.2 Å². The fraction of sp³-hybridized carbons (Fsp3) is 0.235. The number of nitrogens with one attached hydrogen (secondary N) is 1. The van der Waals surface area contributed by atoms with Crippen molar-refractivity contribution < 1.29 is 4.74 Å². The molecule has 1 N–H and O–H groups in total. The van der Waals surface area contributed by atoms with E-state index in [4.69, 9.17) is 10.00 Å². The summed E-state index contributed by atoms with van der Waals surface area (Å²) < 4.78 is 6.68. The van der Waals surface area contributed by atoms with E-state index in [0.717, 1.165) is 21.5 Å². The number of ether oxygens (including phenoxy) is 1. The van der Waals surface area contributed by atoms with Gasteiger partial charge in [0.25, 0.3) is 0 Å². The first-order valence-corrected chi connectivity index (χ1v) is 7.57. The molecule has 108 valence electrons. The van der Waals surface area contributed by atoms with Crippen LogP contribution in [0.15, 0.2) is 46.9 Å². The summed E-state index contributed by atoms with van der Waals surface area (Å²) in [6.07, 6.45) is 0.146. The first kappa shape index (κ1) is 15.4. The molecular formula is C17H17BrN2O. The maximum atomic E-state index is 8.87. The molecule has 2 rings (SSSR count). The molecule has 0 amide bonds. The molecule has 0 unspecified atom stereocenters. The van der Waals surface area contributed by atoms with Gasteiger partial charge >= 0.3 is 0 Å². The quantitative estimate of drug-likeness (QED) is 0.853. The van der Waals surface area contributed by atoms with E-state index in [-0.39, 0.29) is 6.10 Å². The lowest BCUT2D eigenvalue weighted by Gasteiger charge is -2.15. The molecule has 0 spiro atoms. The van der Waals surface area contributed by atoms with Gasteiger partial charge in [-0.15, -0.1) is 0 Å². The van der Waals surface area contributed by atoms with Crippen molar-refractivity contribution in [2.75, 3.05) is 5.32 Å². The number of rotatable bonds is 5. The molecule has 0 aliphatic carbocycles. The molecule has 0 atom stereocenters. The van der Waals surface area contributed by atoms with Crippen LogP contribution in [0.3, 0.4) is 0 Å². The zero-order valence-corrected chi connectivity index (χ0v) is 13.6. The van der Waals surface area contributed by atoms with Crippen LogP contribution < -0.4 is 10.1 Å². The van der Waals surface area contributed by atoms with Crippen molar-refractivity contribution in [3.63, 3.8) is 0 Å². The van der Waals surface area contributed by atoms with Gasteiger partial charge in [-0.2, -0.15) is 5.26 Å². The predicted molar refractivity (Wildman–Crippen MR) is 88.4 cm³/mol. The number of nitriles is 1. The zero-order valence-electron chi connectivity index (χ0n) is 12.1. The Balaban J connectivity index is 2.12. The van der Waals surface area contributed by atoms with Crippen LogP contribution >= 0.6 is 15.9 Å². The number of halogens is 1. The third kappa shape index (κ3) is 4.24. The van der Waals surface area contributed by atoms with Crippen molar-refractivity contribution in [1.82, 2.24) is 0 Å². The molecule has 0 aromatic heterocycles. The molecule has 0 bridgehead atoms. The smallest absolute Gasteiger partial charge is 0.124 e. The van der Waals surface area contributed by atoms with Crippen molar-refractivity contribution in [2.45, 2.75) is 26.5 Å². The van der Waals surface area contributed by atoms with Crippen LogP contribution in [0.25, 0.3) is 0 Å². The maximum Gasteiger partial charge on any atom is 0.124 e. The normalized spacial score (nSPS) is 10.2. The predicted octanol–water partition coefficient (Wildman–Crippen LogP) is 4.72. The Morgan fingerprint density at radius 2 is 2.00 bits per heavy atom. The Morgan fingerprint density at radius 1 is 1.24 bits per heavy atom. The van der Waals surface area contributed by atoms with Crippen LogP contribution in [0.5, 0.6) is 5.75 Å². The third-order valence-corrected chi connectivity index (χ3v) is 3.56. The molecule has 0 aliphatic heterocycles. The molecule has 0 radical (unpaired) electrons. The van der Waals surface area contributed by atoms with Gasteiger partial charge in [-0.25, -0.2) is 0 Å². The molecule has 2 aromatic carbocycles. The minimum Gasteiger partial charge on any atom is -0.491 e. The topological polar surface area (TPSA) is 45.0 Å². The number of benzene rings is 2. The van der Waals surface area contributed by atoms with E-state index in [2.05, 4.69) is 27.3 Å². The Labute approximate surface area is 133 Å². The SMILES string of the molecule is CC(C)Oc1ccccc1CNc1ccc(C#N)cc1Br. The third-order valence-electron chi connectivity index (χ3n) is 2.90. The Bertz CT molecular complexity index is 662. The lowest BCUT2D eigenvalue weighted by Crippen LogP contribution is -2.09. The summed E-state index contributed by atoms with van der Waals surface area (Å²) in [5, 5.41) is 12.2. The lowest BCUT2D eigenvalue weighted by atomic mass is 10.2. The van der Waals surface area contributed by atoms with Gasteiger partial charge in [0.2, 0.25) is 0 Å². The summed E-state index contributed by atoms with van der Waals surface area (Å²) in [4.78, 5) is 0. The van der Waals surface area contributed by atoms with E-state index in [9.17, 15) is 0 Å². The molecule has 0 saturated heterocycles. The van der Waals surface area contributed by atoms with Gasteiger partial charge in [-0.1, -0.05) is 18.2 Å². The summed E-state index contributed by atoms with van der Waals surface area (Å²) in [6.45, 7) is 4.69. The zero-order chi connectivity index (χ0) is 15.2. The fourth-order valence-corrected chi connectivity index (χ4v) is 2.46. The first-order chi connectivity index (χ1) is 10.1.